The highest BCUT2D eigenvalue weighted by Crippen LogP contribution is 2.25. The first-order valence-electron chi connectivity index (χ1n) is 6.82. The summed E-state index contributed by atoms with van der Waals surface area (Å²) in [6.45, 7) is 5.01. The fraction of sp³-hybridized carbons (Fsp3) is 0.438. The second-order valence-electron chi connectivity index (χ2n) is 5.35. The van der Waals surface area contributed by atoms with E-state index < -0.39 is 5.82 Å². The van der Waals surface area contributed by atoms with Crippen molar-refractivity contribution in [2.45, 2.75) is 26.3 Å². The van der Waals surface area contributed by atoms with Gasteiger partial charge in [0.2, 0.25) is 0 Å². The van der Waals surface area contributed by atoms with Gasteiger partial charge in [0, 0.05) is 18.2 Å². The summed E-state index contributed by atoms with van der Waals surface area (Å²) in [5.41, 5.74) is 6.02. The maximum absolute atomic E-state index is 13.9. The van der Waals surface area contributed by atoms with Gasteiger partial charge in [0.25, 0.3) is 5.91 Å². The van der Waals surface area contributed by atoms with Crippen LogP contribution in [0.5, 0.6) is 0 Å². The smallest absolute Gasteiger partial charge is 0.257 e. The molecule has 0 saturated carbocycles. The van der Waals surface area contributed by atoms with E-state index in [0.717, 1.165) is 6.42 Å². The largest absolute Gasteiger partial charge is 0.336 e. The van der Waals surface area contributed by atoms with Gasteiger partial charge >= 0.3 is 0 Å². The Labute approximate surface area is 119 Å². The highest BCUT2D eigenvalue weighted by Gasteiger charge is 2.31. The highest BCUT2D eigenvalue weighted by atomic mass is 19.1. The van der Waals surface area contributed by atoms with Crippen LogP contribution in [0.15, 0.2) is 18.2 Å². The Morgan fingerprint density at radius 3 is 2.85 bits per heavy atom. The molecule has 3 nitrogen and oxygen atoms in total. The number of carbonyl (C=O) groups is 1. The lowest BCUT2D eigenvalue weighted by Crippen LogP contribution is -2.34. The zero-order valence-corrected chi connectivity index (χ0v) is 11.8. The van der Waals surface area contributed by atoms with Gasteiger partial charge in [0.1, 0.15) is 5.82 Å². The van der Waals surface area contributed by atoms with Crippen LogP contribution in [0.3, 0.4) is 0 Å². The van der Waals surface area contributed by atoms with E-state index in [1.54, 1.807) is 11.0 Å². The average molecular weight is 274 g/mol. The van der Waals surface area contributed by atoms with E-state index in [4.69, 9.17) is 5.73 Å². The van der Waals surface area contributed by atoms with Gasteiger partial charge in [-0.05, 0) is 37.5 Å². The fourth-order valence-corrected chi connectivity index (χ4v) is 2.66. The van der Waals surface area contributed by atoms with E-state index in [-0.39, 0.29) is 24.1 Å². The van der Waals surface area contributed by atoms with E-state index in [0.29, 0.717) is 18.0 Å². The number of carbonyl (C=O) groups excluding carboxylic acids is 1. The Balaban J connectivity index is 2.29. The fourth-order valence-electron chi connectivity index (χ4n) is 2.66. The molecule has 0 aromatic heterocycles. The lowest BCUT2D eigenvalue weighted by atomic mass is 10.1. The van der Waals surface area contributed by atoms with Crippen molar-refractivity contribution in [1.82, 2.24) is 4.90 Å². The monoisotopic (exact) mass is 274 g/mol. The van der Waals surface area contributed by atoms with Crippen molar-refractivity contribution < 1.29 is 9.18 Å². The molecule has 0 radical (unpaired) electrons. The molecule has 1 aliphatic rings. The molecule has 1 aliphatic heterocycles. The molecule has 2 atom stereocenters. The molecule has 0 aliphatic carbocycles. The number of benzene rings is 1. The number of nitrogens with zero attached hydrogens (tertiary/aromatic N) is 1. The standard InChI is InChI=1S/C16H19FN2O/c1-11-8-12(2)19(10-11)16(20)14-9-13(4-3-7-18)5-6-15(14)17/h5-6,9,11-12H,7-8,10,18H2,1-2H3. The molecule has 1 heterocycles. The third kappa shape index (κ3) is 3.00. The number of likely N-dealkylation sites (tertiary alicyclic amines) is 1. The minimum Gasteiger partial charge on any atom is -0.336 e. The predicted octanol–water partition coefficient (Wildman–Crippen LogP) is 2.01. The minimum atomic E-state index is -0.500. The molecule has 1 fully saturated rings. The Kier molecular flexibility index (Phi) is 4.41. The molecule has 0 bridgehead atoms. The second kappa shape index (κ2) is 6.06. The summed E-state index contributed by atoms with van der Waals surface area (Å²) in [5.74, 6) is 5.23. The molecule has 4 heteroatoms. The molecule has 1 aromatic carbocycles. The molecule has 20 heavy (non-hydrogen) atoms. The quantitative estimate of drug-likeness (QED) is 0.796. The zero-order chi connectivity index (χ0) is 14.7. The summed E-state index contributed by atoms with van der Waals surface area (Å²) in [6, 6.07) is 4.51. The topological polar surface area (TPSA) is 46.3 Å². The van der Waals surface area contributed by atoms with Crippen LogP contribution in [0, 0.1) is 23.6 Å². The van der Waals surface area contributed by atoms with E-state index in [9.17, 15) is 9.18 Å². The minimum absolute atomic E-state index is 0.0924. The first kappa shape index (κ1) is 14.5. The van der Waals surface area contributed by atoms with Crippen molar-refractivity contribution in [2.75, 3.05) is 13.1 Å². The van der Waals surface area contributed by atoms with E-state index in [1.165, 1.54) is 12.1 Å². The van der Waals surface area contributed by atoms with E-state index in [1.807, 2.05) is 6.92 Å². The summed E-state index contributed by atoms with van der Waals surface area (Å²) in [5, 5.41) is 0. The molecule has 1 aromatic rings. The van der Waals surface area contributed by atoms with Crippen molar-refractivity contribution in [3.8, 4) is 11.8 Å². The Bertz CT molecular complexity index is 574. The van der Waals surface area contributed by atoms with E-state index >= 15 is 0 Å². The Morgan fingerprint density at radius 1 is 1.50 bits per heavy atom. The lowest BCUT2D eigenvalue weighted by Gasteiger charge is -2.21. The molecule has 2 N–H and O–H groups in total. The molecule has 1 amide bonds. The van der Waals surface area contributed by atoms with Crippen LogP contribution < -0.4 is 5.73 Å². The number of hydrogen-bond donors (Lipinski definition) is 1. The van der Waals surface area contributed by atoms with Crippen LogP contribution in [-0.4, -0.2) is 29.9 Å². The first-order chi connectivity index (χ1) is 9.52. The SMILES string of the molecule is CC1CC(C)N(C(=O)c2cc(C#CCN)ccc2F)C1. The van der Waals surface area contributed by atoms with Crippen molar-refractivity contribution in [3.63, 3.8) is 0 Å². The Hall–Kier alpha value is -1.86. The van der Waals surface area contributed by atoms with Crippen LogP contribution in [-0.2, 0) is 0 Å². The molecular formula is C16H19FN2O. The third-order valence-corrected chi connectivity index (χ3v) is 3.58. The molecule has 0 spiro atoms. The van der Waals surface area contributed by atoms with E-state index in [2.05, 4.69) is 18.8 Å². The van der Waals surface area contributed by atoms with Gasteiger partial charge in [-0.1, -0.05) is 18.8 Å². The summed E-state index contributed by atoms with van der Waals surface area (Å²) < 4.78 is 13.9. The second-order valence-corrected chi connectivity index (χ2v) is 5.35. The van der Waals surface area contributed by atoms with Crippen molar-refractivity contribution in [3.05, 3.63) is 35.1 Å². The number of nitrogens with two attached hydrogens (primary N) is 1. The molecular weight excluding hydrogens is 255 g/mol. The number of hydrogen-bond acceptors (Lipinski definition) is 2. The highest BCUT2D eigenvalue weighted by molar-refractivity contribution is 5.95. The number of amides is 1. The van der Waals surface area contributed by atoms with Gasteiger partial charge < -0.3 is 10.6 Å². The molecule has 2 unspecified atom stereocenters. The summed E-state index contributed by atoms with van der Waals surface area (Å²) >= 11 is 0. The normalized spacial score (nSPS) is 21.5. The van der Waals surface area contributed by atoms with Crippen molar-refractivity contribution >= 4 is 5.91 Å². The molecule has 1 saturated heterocycles. The van der Waals surface area contributed by atoms with Crippen molar-refractivity contribution in [2.24, 2.45) is 11.7 Å². The van der Waals surface area contributed by atoms with Gasteiger partial charge in [-0.15, -0.1) is 0 Å². The van der Waals surface area contributed by atoms with Gasteiger partial charge in [0.05, 0.1) is 12.1 Å². The zero-order valence-electron chi connectivity index (χ0n) is 11.8. The van der Waals surface area contributed by atoms with Gasteiger partial charge in [0.15, 0.2) is 0 Å². The van der Waals surface area contributed by atoms with Crippen LogP contribution >= 0.6 is 0 Å². The summed E-state index contributed by atoms with van der Waals surface area (Å²) in [7, 11) is 0. The number of halogens is 1. The van der Waals surface area contributed by atoms with Crippen LogP contribution in [0.1, 0.15) is 36.2 Å². The van der Waals surface area contributed by atoms with Crippen LogP contribution in [0.4, 0.5) is 4.39 Å². The first-order valence-corrected chi connectivity index (χ1v) is 6.82. The van der Waals surface area contributed by atoms with Gasteiger partial charge in [-0.2, -0.15) is 0 Å². The molecule has 106 valence electrons. The maximum atomic E-state index is 13.9. The number of rotatable bonds is 1. The predicted molar refractivity (Wildman–Crippen MR) is 76.6 cm³/mol. The van der Waals surface area contributed by atoms with Gasteiger partial charge in [-0.25, -0.2) is 4.39 Å². The average Bonchev–Trinajstić information content (AvgIpc) is 2.76. The van der Waals surface area contributed by atoms with Crippen molar-refractivity contribution in [1.29, 1.82) is 0 Å². The van der Waals surface area contributed by atoms with Crippen LogP contribution in [0.2, 0.25) is 0 Å². The Morgan fingerprint density at radius 2 is 2.25 bits per heavy atom. The lowest BCUT2D eigenvalue weighted by molar-refractivity contribution is 0.0739. The summed E-state index contributed by atoms with van der Waals surface area (Å²) in [4.78, 5) is 14.2. The summed E-state index contributed by atoms with van der Waals surface area (Å²) in [6.07, 6.45) is 0.958. The van der Waals surface area contributed by atoms with Crippen LogP contribution in [0.25, 0.3) is 0 Å². The van der Waals surface area contributed by atoms with Gasteiger partial charge in [-0.3, -0.25) is 4.79 Å². The maximum Gasteiger partial charge on any atom is 0.257 e. The molecule has 2 rings (SSSR count). The third-order valence-electron chi connectivity index (χ3n) is 3.58.